The second kappa shape index (κ2) is 11.5. The van der Waals surface area contributed by atoms with E-state index in [0.717, 1.165) is 35.1 Å². The van der Waals surface area contributed by atoms with Gasteiger partial charge in [0, 0.05) is 5.56 Å². The van der Waals surface area contributed by atoms with E-state index >= 15 is 0 Å². The second-order valence-corrected chi connectivity index (χ2v) is 11.0. The van der Waals surface area contributed by atoms with Crippen LogP contribution in [0.3, 0.4) is 0 Å². The first-order valence-electron chi connectivity index (χ1n) is 13.4. The number of benzene rings is 3. The minimum Gasteiger partial charge on any atom is -0.507 e. The van der Waals surface area contributed by atoms with Crippen molar-refractivity contribution in [1.29, 1.82) is 0 Å². The zero-order chi connectivity index (χ0) is 28.4. The van der Waals surface area contributed by atoms with E-state index in [4.69, 9.17) is 14.5 Å². The molecule has 0 spiro atoms. The van der Waals surface area contributed by atoms with Crippen LogP contribution in [0.2, 0.25) is 0 Å². The number of methoxy groups -OCH3 is 1. The van der Waals surface area contributed by atoms with Crippen molar-refractivity contribution < 1.29 is 24.2 Å². The Labute approximate surface area is 237 Å². The summed E-state index contributed by atoms with van der Waals surface area (Å²) in [5.41, 5.74) is 3.65. The molecule has 1 aromatic heterocycles. The molecule has 1 N–H and O–H groups in total. The zero-order valence-corrected chi connectivity index (χ0v) is 23.9. The van der Waals surface area contributed by atoms with Gasteiger partial charge in [0.2, 0.25) is 0 Å². The van der Waals surface area contributed by atoms with Gasteiger partial charge in [0.15, 0.2) is 5.13 Å². The Kier molecular flexibility index (Phi) is 7.89. The van der Waals surface area contributed by atoms with E-state index in [1.807, 2.05) is 68.4 Å². The van der Waals surface area contributed by atoms with E-state index in [1.54, 1.807) is 13.2 Å². The van der Waals surface area contributed by atoms with Gasteiger partial charge in [-0.05, 0) is 67.8 Å². The summed E-state index contributed by atoms with van der Waals surface area (Å²) in [6.07, 6.45) is 3.18. The van der Waals surface area contributed by atoms with E-state index in [0.29, 0.717) is 39.9 Å². The lowest BCUT2D eigenvalue weighted by atomic mass is 9.93. The number of hydrogen-bond donors (Lipinski definition) is 1. The number of aromatic nitrogens is 1. The van der Waals surface area contributed by atoms with Crippen LogP contribution in [0.1, 0.15) is 54.5 Å². The van der Waals surface area contributed by atoms with Crippen molar-refractivity contribution in [2.45, 2.75) is 46.1 Å². The lowest BCUT2D eigenvalue weighted by Gasteiger charge is -2.23. The molecule has 2 heterocycles. The van der Waals surface area contributed by atoms with E-state index < -0.39 is 17.7 Å². The summed E-state index contributed by atoms with van der Waals surface area (Å²) in [5, 5.41) is 11.9. The number of aryl methyl sites for hydroxylation is 2. The molecular weight excluding hydrogens is 524 g/mol. The van der Waals surface area contributed by atoms with Gasteiger partial charge in [-0.25, -0.2) is 4.98 Å². The van der Waals surface area contributed by atoms with Crippen molar-refractivity contribution in [2.24, 2.45) is 0 Å². The predicted octanol–water partition coefficient (Wildman–Crippen LogP) is 7.12. The smallest absolute Gasteiger partial charge is 0.301 e. The molecule has 1 aliphatic heterocycles. The van der Waals surface area contributed by atoms with Gasteiger partial charge in [0.1, 0.15) is 17.3 Å². The van der Waals surface area contributed by atoms with Gasteiger partial charge < -0.3 is 14.6 Å². The van der Waals surface area contributed by atoms with Gasteiger partial charge in [0.05, 0.1) is 35.5 Å². The van der Waals surface area contributed by atoms with E-state index in [9.17, 15) is 14.7 Å². The molecule has 8 heteroatoms. The number of ether oxygens (including phenoxy) is 2. The quantitative estimate of drug-likeness (QED) is 0.102. The second-order valence-electron chi connectivity index (χ2n) is 9.94. The summed E-state index contributed by atoms with van der Waals surface area (Å²) in [4.78, 5) is 33.3. The Morgan fingerprint density at radius 3 is 2.48 bits per heavy atom. The monoisotopic (exact) mass is 556 g/mol. The number of anilines is 1. The normalized spacial score (nSPS) is 16.6. The van der Waals surface area contributed by atoms with Crippen LogP contribution in [0.25, 0.3) is 16.0 Å². The fraction of sp³-hybridized carbons (Fsp3) is 0.281. The topological polar surface area (TPSA) is 89.0 Å². The number of carbonyl (C=O) groups excluding carboxylic acids is 2. The number of unbranched alkanes of at least 4 members (excludes halogenated alkanes) is 2. The Balaban J connectivity index is 1.63. The van der Waals surface area contributed by atoms with Crippen molar-refractivity contribution in [3.63, 3.8) is 0 Å². The first-order valence-corrected chi connectivity index (χ1v) is 14.2. The number of rotatable bonds is 9. The van der Waals surface area contributed by atoms with E-state index in [2.05, 4.69) is 6.92 Å². The molecule has 1 unspecified atom stereocenters. The molecule has 0 saturated carbocycles. The van der Waals surface area contributed by atoms with Crippen LogP contribution in [0.5, 0.6) is 11.5 Å². The number of nitrogens with zero attached hydrogens (tertiary/aromatic N) is 2. The van der Waals surface area contributed by atoms with Crippen LogP contribution in [-0.2, 0) is 9.59 Å². The van der Waals surface area contributed by atoms with Crippen molar-refractivity contribution in [2.75, 3.05) is 18.6 Å². The van der Waals surface area contributed by atoms with Gasteiger partial charge in [-0.1, -0.05) is 60.9 Å². The molecular formula is C32H32N2O5S. The highest BCUT2D eigenvalue weighted by atomic mass is 32.1. The molecule has 1 aliphatic rings. The highest BCUT2D eigenvalue weighted by molar-refractivity contribution is 7.22. The van der Waals surface area contributed by atoms with Crippen molar-refractivity contribution in [3.05, 3.63) is 88.5 Å². The van der Waals surface area contributed by atoms with Gasteiger partial charge >= 0.3 is 5.91 Å². The largest absolute Gasteiger partial charge is 0.507 e. The number of ketones is 1. The summed E-state index contributed by atoms with van der Waals surface area (Å²) >= 11 is 1.30. The Hall–Kier alpha value is -4.17. The molecule has 0 bridgehead atoms. The lowest BCUT2D eigenvalue weighted by Crippen LogP contribution is -2.29. The van der Waals surface area contributed by atoms with Crippen LogP contribution in [0.15, 0.2) is 66.2 Å². The molecule has 1 amide bonds. The number of amides is 1. The molecule has 5 rings (SSSR count). The number of Topliss-reactive ketones (excluding diaryl/α,β-unsaturated/α-hetero) is 1. The minimum atomic E-state index is -0.864. The van der Waals surface area contributed by atoms with E-state index in [-0.39, 0.29) is 11.3 Å². The third-order valence-electron chi connectivity index (χ3n) is 7.10. The number of aliphatic hydroxyl groups is 1. The predicted molar refractivity (Wildman–Crippen MR) is 158 cm³/mol. The summed E-state index contributed by atoms with van der Waals surface area (Å²) in [7, 11) is 1.59. The van der Waals surface area contributed by atoms with E-state index in [1.165, 1.54) is 16.2 Å². The third kappa shape index (κ3) is 5.19. The third-order valence-corrected chi connectivity index (χ3v) is 8.11. The number of carbonyl (C=O) groups is 2. The molecule has 206 valence electrons. The minimum absolute atomic E-state index is 0.0344. The van der Waals surface area contributed by atoms with Crippen LogP contribution in [0.4, 0.5) is 5.13 Å². The summed E-state index contributed by atoms with van der Waals surface area (Å²) in [5.74, 6) is -0.304. The maximum absolute atomic E-state index is 13.6. The standard InChI is InChI=1S/C32H32N2O5S/c1-5-6-7-16-39-22-12-10-21(11-13-22)28-27(29(35)24-17-19(2)8-9-20(24)3)30(36)31(37)34(28)32-33-25-15-14-23(38-4)18-26(25)40-32/h8-15,17-18,28,35H,5-7,16H2,1-4H3/b29-27+. The Bertz CT molecular complexity index is 1610. The fourth-order valence-electron chi connectivity index (χ4n) is 4.89. The van der Waals surface area contributed by atoms with Crippen molar-refractivity contribution in [3.8, 4) is 11.5 Å². The SMILES string of the molecule is CCCCCOc1ccc(C2/C(=C(\O)c3cc(C)ccc3C)C(=O)C(=O)N2c2nc3ccc(OC)cc3s2)cc1. The summed E-state index contributed by atoms with van der Waals surface area (Å²) < 4.78 is 12.1. The number of fused-ring (bicyclic) bond motifs is 1. The molecule has 3 aromatic carbocycles. The van der Waals surface area contributed by atoms with Gasteiger partial charge in [-0.2, -0.15) is 0 Å². The van der Waals surface area contributed by atoms with Crippen LogP contribution in [0, 0.1) is 13.8 Å². The molecule has 1 saturated heterocycles. The molecule has 1 fully saturated rings. The molecule has 4 aromatic rings. The number of aliphatic hydroxyl groups excluding tert-OH is 1. The first kappa shape index (κ1) is 27.4. The average Bonchev–Trinajstić information content (AvgIpc) is 3.49. The summed E-state index contributed by atoms with van der Waals surface area (Å²) in [6.45, 7) is 6.55. The molecule has 40 heavy (non-hydrogen) atoms. The molecule has 1 atom stereocenters. The van der Waals surface area contributed by atoms with Crippen molar-refractivity contribution >= 4 is 44.1 Å². The summed E-state index contributed by atoms with van der Waals surface area (Å²) in [6, 6.07) is 17.6. The Morgan fingerprint density at radius 1 is 1.00 bits per heavy atom. The molecule has 0 radical (unpaired) electrons. The number of hydrogen-bond acceptors (Lipinski definition) is 7. The van der Waals surface area contributed by atoms with Crippen LogP contribution < -0.4 is 14.4 Å². The Morgan fingerprint density at radius 2 is 1.75 bits per heavy atom. The first-order chi connectivity index (χ1) is 19.3. The highest BCUT2D eigenvalue weighted by Gasteiger charge is 2.48. The van der Waals surface area contributed by atoms with Crippen molar-refractivity contribution in [1.82, 2.24) is 4.98 Å². The lowest BCUT2D eigenvalue weighted by molar-refractivity contribution is -0.132. The van der Waals surface area contributed by atoms with Gasteiger partial charge in [-0.3, -0.25) is 14.5 Å². The van der Waals surface area contributed by atoms with Gasteiger partial charge in [0.25, 0.3) is 5.78 Å². The molecule has 0 aliphatic carbocycles. The maximum Gasteiger partial charge on any atom is 0.301 e. The number of thiazole rings is 1. The van der Waals surface area contributed by atoms with Crippen LogP contribution >= 0.6 is 11.3 Å². The maximum atomic E-state index is 13.6. The fourth-order valence-corrected chi connectivity index (χ4v) is 5.91. The van der Waals surface area contributed by atoms with Crippen LogP contribution in [-0.4, -0.2) is 35.5 Å². The highest BCUT2D eigenvalue weighted by Crippen LogP contribution is 2.45. The zero-order valence-electron chi connectivity index (χ0n) is 23.1. The molecule has 7 nitrogen and oxygen atoms in total. The van der Waals surface area contributed by atoms with Gasteiger partial charge in [-0.15, -0.1) is 0 Å². The average molecular weight is 557 g/mol.